The largest absolute Gasteiger partial charge is 0.463 e. The molecule has 18 atom stereocenters. The van der Waals surface area contributed by atoms with Gasteiger partial charge in [0.05, 0.1) is 6.10 Å². The molecule has 0 radical (unpaired) electrons. The van der Waals surface area contributed by atoms with Gasteiger partial charge in [0.15, 0.2) is 0 Å². The van der Waals surface area contributed by atoms with Crippen LogP contribution in [0.4, 0.5) is 0 Å². The summed E-state index contributed by atoms with van der Waals surface area (Å²) in [6.07, 6.45) is 31.3. The molecule has 8 saturated carbocycles. The lowest BCUT2D eigenvalue weighted by Gasteiger charge is -2.62. The molecule has 0 N–H and O–H groups in total. The fourth-order valence-corrected chi connectivity index (χ4v) is 19.4. The summed E-state index contributed by atoms with van der Waals surface area (Å²) in [6.45, 7) is 22.7. The van der Waals surface area contributed by atoms with E-state index in [1.165, 1.54) is 122 Å². The molecule has 5 heteroatoms. The van der Waals surface area contributed by atoms with Crippen molar-refractivity contribution in [3.8, 4) is 0 Å². The zero-order chi connectivity index (χ0) is 44.0. The molecule has 354 valence electrons. The van der Waals surface area contributed by atoms with Crippen LogP contribution in [0.5, 0.6) is 0 Å². The zero-order valence-corrected chi connectivity index (χ0v) is 41.8. The lowest BCUT2D eigenvalue weighted by molar-refractivity contribution is -0.159. The molecule has 5 nitrogen and oxygen atoms in total. The fourth-order valence-electron chi connectivity index (χ4n) is 19.4. The minimum Gasteiger partial charge on any atom is -0.463 e. The highest BCUT2D eigenvalue weighted by molar-refractivity contribution is 5.70. The molecule has 0 aromatic carbocycles. The minimum atomic E-state index is -0.430. The predicted octanol–water partition coefficient (Wildman–Crippen LogP) is 14.8. The Bertz CT molecular complexity index is 1520. The Morgan fingerprint density at radius 1 is 0.548 bits per heavy atom. The molecule has 0 spiro atoms. The van der Waals surface area contributed by atoms with E-state index in [2.05, 4.69) is 62.3 Å². The summed E-state index contributed by atoms with van der Waals surface area (Å²) < 4.78 is 18.4. The van der Waals surface area contributed by atoms with Crippen LogP contribution in [0.25, 0.3) is 0 Å². The van der Waals surface area contributed by atoms with Crippen molar-refractivity contribution >= 4 is 11.9 Å². The van der Waals surface area contributed by atoms with E-state index in [-0.39, 0.29) is 31.3 Å². The van der Waals surface area contributed by atoms with Gasteiger partial charge in [-0.25, -0.2) is 0 Å². The maximum Gasteiger partial charge on any atom is 0.305 e. The fraction of sp³-hybridized carbons (Fsp3) is 0.965. The summed E-state index contributed by atoms with van der Waals surface area (Å²) in [6, 6.07) is 0. The van der Waals surface area contributed by atoms with Crippen LogP contribution in [0.2, 0.25) is 0 Å². The number of esters is 2. The van der Waals surface area contributed by atoms with E-state index >= 15 is 0 Å². The van der Waals surface area contributed by atoms with E-state index in [1.54, 1.807) is 0 Å². The van der Waals surface area contributed by atoms with Gasteiger partial charge in [-0.05, 0) is 221 Å². The second-order valence-corrected chi connectivity index (χ2v) is 25.3. The van der Waals surface area contributed by atoms with Crippen LogP contribution in [0.15, 0.2) is 0 Å². The second kappa shape index (κ2) is 19.2. The van der Waals surface area contributed by atoms with Crippen molar-refractivity contribution in [1.29, 1.82) is 0 Å². The number of hydrogen-bond acceptors (Lipinski definition) is 5. The van der Waals surface area contributed by atoms with Crippen molar-refractivity contribution in [2.75, 3.05) is 13.2 Å². The number of carbonyl (C=O) groups is 2. The molecule has 0 aromatic rings. The van der Waals surface area contributed by atoms with Gasteiger partial charge < -0.3 is 14.2 Å². The van der Waals surface area contributed by atoms with Crippen LogP contribution in [0.1, 0.15) is 223 Å². The number of carbonyl (C=O) groups excluding carboxylic acids is 2. The van der Waals surface area contributed by atoms with E-state index in [0.29, 0.717) is 58.2 Å². The molecule has 0 bridgehead atoms. The molecule has 62 heavy (non-hydrogen) atoms. The van der Waals surface area contributed by atoms with Gasteiger partial charge in [0.25, 0.3) is 0 Å². The van der Waals surface area contributed by atoms with Crippen molar-refractivity contribution in [1.82, 2.24) is 0 Å². The first kappa shape index (κ1) is 47.4. The van der Waals surface area contributed by atoms with E-state index in [9.17, 15) is 9.59 Å². The molecule has 0 saturated heterocycles. The van der Waals surface area contributed by atoms with Gasteiger partial charge in [-0.2, -0.15) is 0 Å². The molecular formula is C57H96O5. The lowest BCUT2D eigenvalue weighted by Crippen LogP contribution is -2.55. The van der Waals surface area contributed by atoms with Crippen LogP contribution in [-0.4, -0.2) is 37.4 Å². The smallest absolute Gasteiger partial charge is 0.305 e. The Hall–Kier alpha value is -1.10. The molecule has 0 aliphatic heterocycles. The van der Waals surface area contributed by atoms with Gasteiger partial charge in [-0.3, -0.25) is 9.59 Å². The predicted molar refractivity (Wildman–Crippen MR) is 252 cm³/mol. The van der Waals surface area contributed by atoms with Gasteiger partial charge in [0.1, 0.15) is 19.3 Å². The topological polar surface area (TPSA) is 61.8 Å². The van der Waals surface area contributed by atoms with Crippen LogP contribution in [0.3, 0.4) is 0 Å². The Labute approximate surface area is 381 Å². The molecule has 8 rings (SSSR count). The van der Waals surface area contributed by atoms with E-state index in [0.717, 1.165) is 78.9 Å². The van der Waals surface area contributed by atoms with Crippen LogP contribution >= 0.6 is 0 Å². The highest BCUT2D eigenvalue weighted by Crippen LogP contribution is 2.71. The average Bonchev–Trinajstić information content (AvgIpc) is 3.82. The molecule has 0 amide bonds. The van der Waals surface area contributed by atoms with Gasteiger partial charge in [-0.15, -0.1) is 0 Å². The first-order valence-corrected chi connectivity index (χ1v) is 27.6. The highest BCUT2D eigenvalue weighted by atomic mass is 16.6. The average molecular weight is 861 g/mol. The molecule has 0 aromatic heterocycles. The van der Waals surface area contributed by atoms with Gasteiger partial charge in [-0.1, -0.05) is 88.0 Å². The van der Waals surface area contributed by atoms with Crippen molar-refractivity contribution < 1.29 is 23.8 Å². The molecule has 8 fully saturated rings. The lowest BCUT2D eigenvalue weighted by atomic mass is 9.42. The quantitative estimate of drug-likeness (QED) is 0.145. The van der Waals surface area contributed by atoms with Crippen molar-refractivity contribution in [2.24, 2.45) is 98.6 Å². The normalized spacial score (nSPS) is 45.0. The Morgan fingerprint density at radius 2 is 1.06 bits per heavy atom. The number of fused-ring (bicyclic) bond motifs is 10. The van der Waals surface area contributed by atoms with E-state index in [4.69, 9.17) is 14.2 Å². The molecule has 0 heterocycles. The van der Waals surface area contributed by atoms with Crippen LogP contribution in [-0.2, 0) is 23.8 Å². The highest BCUT2D eigenvalue weighted by Gasteiger charge is 2.63. The summed E-state index contributed by atoms with van der Waals surface area (Å²) in [5.41, 5.74) is 1.95. The standard InChI is InChI=1S/C57H96O5/c1-10-42(11-2)62-43(35-60-52(58)28-18-37(3)46-24-26-48-44-22-20-40-16-12-14-31-54(40,6)49(44)30-33-56(46,48)8)36-61-53(59)29-19-38(4)47-25-27-50-45-23-21-41-17-13-15-32-55(41,7)51(45)34-39(5)57(47,50)9/h37-51H,10-36H2,1-9H3/t37?,38?,39-,40?,41?,43?,44?,45?,46?,47?,48?,49?,50?,51?,54?,55?,56?,57?/m1/s1. The van der Waals surface area contributed by atoms with Crippen molar-refractivity contribution in [3.63, 3.8) is 0 Å². The van der Waals surface area contributed by atoms with Crippen molar-refractivity contribution in [2.45, 2.75) is 235 Å². The minimum absolute atomic E-state index is 0.0585. The first-order chi connectivity index (χ1) is 29.7. The SMILES string of the molecule is CCC(CC)OC(COC(=O)CCC(C)C1CCC2C3CCC4CCCCC4(C)C3CCC12C)COC(=O)CCC(C)C1CCC2C3CCC4CCCCC4(C)C3C[C@@H](C)C12C. The second-order valence-electron chi connectivity index (χ2n) is 25.3. The van der Waals surface area contributed by atoms with Gasteiger partial charge >= 0.3 is 11.9 Å². The summed E-state index contributed by atoms with van der Waals surface area (Å²) >= 11 is 0. The zero-order valence-electron chi connectivity index (χ0n) is 41.8. The summed E-state index contributed by atoms with van der Waals surface area (Å²) in [5, 5.41) is 0. The third kappa shape index (κ3) is 8.67. The monoisotopic (exact) mass is 861 g/mol. The first-order valence-electron chi connectivity index (χ1n) is 27.6. The molecular weight excluding hydrogens is 765 g/mol. The summed E-state index contributed by atoms with van der Waals surface area (Å²) in [7, 11) is 0. The molecule has 8 aliphatic rings. The van der Waals surface area contributed by atoms with Crippen molar-refractivity contribution in [3.05, 3.63) is 0 Å². The number of rotatable bonds is 16. The third-order valence-electron chi connectivity index (χ3n) is 23.0. The Balaban J connectivity index is 0.791. The summed E-state index contributed by atoms with van der Waals surface area (Å²) in [4.78, 5) is 26.8. The van der Waals surface area contributed by atoms with Crippen LogP contribution in [0, 0.1) is 98.6 Å². The molecule has 17 unspecified atom stereocenters. The maximum atomic E-state index is 13.4. The van der Waals surface area contributed by atoms with Gasteiger partial charge in [0, 0.05) is 12.8 Å². The van der Waals surface area contributed by atoms with Gasteiger partial charge in [0.2, 0.25) is 0 Å². The molecule has 8 aliphatic carbocycles. The Morgan fingerprint density at radius 3 is 1.66 bits per heavy atom. The Kier molecular flexibility index (Phi) is 14.7. The third-order valence-corrected chi connectivity index (χ3v) is 23.0. The van der Waals surface area contributed by atoms with Crippen LogP contribution < -0.4 is 0 Å². The summed E-state index contributed by atoms with van der Waals surface area (Å²) in [5.74, 6) is 10.2. The van der Waals surface area contributed by atoms with E-state index < -0.39 is 6.10 Å². The maximum absolute atomic E-state index is 13.4. The number of hydrogen-bond donors (Lipinski definition) is 0. The van der Waals surface area contributed by atoms with E-state index in [1.807, 2.05) is 0 Å². The number of ether oxygens (including phenoxy) is 3.